The topological polar surface area (TPSA) is 20.2 Å². The smallest absolute Gasteiger partial charge is 0.0470 e. The Balaban J connectivity index is 1.93. The Hall–Kier alpha value is -0.0400. The second-order valence-electron chi connectivity index (χ2n) is 4.05. The minimum absolute atomic E-state index is 0.472. The molecule has 1 N–H and O–H groups in total. The summed E-state index contributed by atoms with van der Waals surface area (Å²) in [6, 6.07) is 0. The molecule has 0 heterocycles. The van der Waals surface area contributed by atoms with Crippen molar-refractivity contribution in [1.29, 1.82) is 0 Å². The second kappa shape index (κ2) is 0.968. The predicted molar refractivity (Wildman–Crippen MR) is 33.9 cm³/mol. The molecular formula is C8H12O. The molecule has 3 aliphatic rings. The molecule has 0 unspecified atom stereocenters. The maximum Gasteiger partial charge on any atom is 0.0470 e. The van der Waals surface area contributed by atoms with Gasteiger partial charge in [-0.1, -0.05) is 0 Å². The van der Waals surface area contributed by atoms with Gasteiger partial charge in [-0.25, -0.2) is 0 Å². The Morgan fingerprint density at radius 1 is 1.11 bits per heavy atom. The molecule has 9 heavy (non-hydrogen) atoms. The van der Waals surface area contributed by atoms with Crippen LogP contribution in [0.4, 0.5) is 0 Å². The molecule has 0 aliphatic heterocycles. The van der Waals surface area contributed by atoms with Crippen LogP contribution < -0.4 is 0 Å². The molecule has 3 fully saturated rings. The standard InChI is InChI=1S/C8H12O/c9-5-6-7(1-2-7)8(6)3-4-8/h6,9H,1-5H2. The van der Waals surface area contributed by atoms with Gasteiger partial charge in [0.1, 0.15) is 0 Å². The van der Waals surface area contributed by atoms with Gasteiger partial charge in [-0.15, -0.1) is 0 Å². The highest BCUT2D eigenvalue weighted by Gasteiger charge is 2.85. The Kier molecular flexibility index (Phi) is 0.508. The van der Waals surface area contributed by atoms with Gasteiger partial charge in [-0.3, -0.25) is 0 Å². The lowest BCUT2D eigenvalue weighted by Gasteiger charge is -1.82. The summed E-state index contributed by atoms with van der Waals surface area (Å²) in [7, 11) is 0. The molecule has 3 aliphatic carbocycles. The van der Waals surface area contributed by atoms with Gasteiger partial charge < -0.3 is 5.11 Å². The molecule has 1 nitrogen and oxygen atoms in total. The molecule has 2 spiro atoms. The normalized spacial score (nSPS) is 45.7. The molecule has 0 aromatic carbocycles. The molecule has 50 valence electrons. The molecule has 0 saturated heterocycles. The molecule has 1 heteroatoms. The zero-order valence-corrected chi connectivity index (χ0v) is 5.56. The summed E-state index contributed by atoms with van der Waals surface area (Å²) in [6.45, 7) is 0.472. The highest BCUT2D eigenvalue weighted by molar-refractivity contribution is 5.34. The first-order chi connectivity index (χ1) is 4.36. The first kappa shape index (κ1) is 4.73. The minimum atomic E-state index is 0.472. The van der Waals surface area contributed by atoms with Crippen LogP contribution in [0.25, 0.3) is 0 Å². The van der Waals surface area contributed by atoms with E-state index in [1.165, 1.54) is 25.7 Å². The number of aliphatic hydroxyl groups excluding tert-OH is 1. The summed E-state index contributed by atoms with van der Waals surface area (Å²) < 4.78 is 0. The van der Waals surface area contributed by atoms with Crippen LogP contribution in [0.15, 0.2) is 0 Å². The zero-order chi connectivity index (χ0) is 6.11. The number of rotatable bonds is 1. The van der Waals surface area contributed by atoms with E-state index in [2.05, 4.69) is 0 Å². The van der Waals surface area contributed by atoms with Crippen LogP contribution in [0.1, 0.15) is 25.7 Å². The van der Waals surface area contributed by atoms with E-state index in [-0.39, 0.29) is 0 Å². The summed E-state index contributed by atoms with van der Waals surface area (Å²) in [5, 5.41) is 8.96. The van der Waals surface area contributed by atoms with Gasteiger partial charge in [0.15, 0.2) is 0 Å². The first-order valence-corrected chi connectivity index (χ1v) is 3.97. The molecule has 0 amide bonds. The fourth-order valence-electron chi connectivity index (χ4n) is 3.15. The van der Waals surface area contributed by atoms with Gasteiger partial charge in [-0.05, 0) is 42.4 Å². The van der Waals surface area contributed by atoms with Crippen LogP contribution in [-0.4, -0.2) is 11.7 Å². The Bertz CT molecular complexity index is 147. The lowest BCUT2D eigenvalue weighted by Crippen LogP contribution is -1.87. The van der Waals surface area contributed by atoms with Gasteiger partial charge in [0.05, 0.1) is 0 Å². The van der Waals surface area contributed by atoms with Crippen molar-refractivity contribution in [2.45, 2.75) is 25.7 Å². The van der Waals surface area contributed by atoms with Gasteiger partial charge >= 0.3 is 0 Å². The molecule has 0 atom stereocenters. The Morgan fingerprint density at radius 3 is 1.67 bits per heavy atom. The molecule has 0 bridgehead atoms. The average molecular weight is 124 g/mol. The zero-order valence-electron chi connectivity index (χ0n) is 5.56. The third-order valence-corrected chi connectivity index (χ3v) is 4.00. The van der Waals surface area contributed by atoms with E-state index in [0.29, 0.717) is 6.61 Å². The fourth-order valence-corrected chi connectivity index (χ4v) is 3.15. The summed E-state index contributed by atoms with van der Waals surface area (Å²) in [5.41, 5.74) is 1.45. The summed E-state index contributed by atoms with van der Waals surface area (Å²) in [5.74, 6) is 0.741. The van der Waals surface area contributed by atoms with E-state index in [4.69, 9.17) is 5.11 Å². The van der Waals surface area contributed by atoms with E-state index in [1.54, 1.807) is 0 Å². The quantitative estimate of drug-likeness (QED) is 0.556. The largest absolute Gasteiger partial charge is 0.396 e. The third kappa shape index (κ3) is 0.295. The first-order valence-electron chi connectivity index (χ1n) is 3.97. The van der Waals surface area contributed by atoms with Crippen molar-refractivity contribution in [3.8, 4) is 0 Å². The van der Waals surface area contributed by atoms with Gasteiger partial charge in [0.25, 0.3) is 0 Å². The van der Waals surface area contributed by atoms with Gasteiger partial charge in [0, 0.05) is 6.61 Å². The predicted octanol–water partition coefficient (Wildman–Crippen LogP) is 1.17. The van der Waals surface area contributed by atoms with Crippen molar-refractivity contribution in [1.82, 2.24) is 0 Å². The molecule has 0 radical (unpaired) electrons. The summed E-state index contributed by atoms with van der Waals surface area (Å²) >= 11 is 0. The molecule has 0 aromatic heterocycles. The Morgan fingerprint density at radius 2 is 1.56 bits per heavy atom. The minimum Gasteiger partial charge on any atom is -0.396 e. The van der Waals surface area contributed by atoms with Crippen molar-refractivity contribution in [2.75, 3.05) is 6.61 Å². The molecule has 3 rings (SSSR count). The van der Waals surface area contributed by atoms with E-state index < -0.39 is 0 Å². The maximum absolute atomic E-state index is 8.96. The summed E-state index contributed by atoms with van der Waals surface area (Å²) in [6.07, 6.45) is 5.72. The van der Waals surface area contributed by atoms with E-state index in [0.717, 1.165) is 16.7 Å². The number of aliphatic hydroxyl groups is 1. The molecular weight excluding hydrogens is 112 g/mol. The lowest BCUT2D eigenvalue weighted by atomic mass is 10.3. The van der Waals surface area contributed by atoms with E-state index in [1.807, 2.05) is 0 Å². The summed E-state index contributed by atoms with van der Waals surface area (Å²) in [4.78, 5) is 0. The highest BCUT2D eigenvalue weighted by atomic mass is 16.3. The number of hydrogen-bond acceptors (Lipinski definition) is 1. The van der Waals surface area contributed by atoms with Gasteiger partial charge in [0.2, 0.25) is 0 Å². The SMILES string of the molecule is OCC1C2(CC2)C12CC2. The van der Waals surface area contributed by atoms with Crippen LogP contribution in [0.5, 0.6) is 0 Å². The van der Waals surface area contributed by atoms with Crippen molar-refractivity contribution in [3.05, 3.63) is 0 Å². The van der Waals surface area contributed by atoms with Crippen LogP contribution in [0, 0.1) is 16.7 Å². The van der Waals surface area contributed by atoms with Gasteiger partial charge in [-0.2, -0.15) is 0 Å². The number of fused-ring (bicyclic) bond motifs is 1. The monoisotopic (exact) mass is 124 g/mol. The van der Waals surface area contributed by atoms with Crippen LogP contribution in [0.3, 0.4) is 0 Å². The van der Waals surface area contributed by atoms with E-state index in [9.17, 15) is 0 Å². The Labute approximate surface area is 55.1 Å². The van der Waals surface area contributed by atoms with Crippen molar-refractivity contribution in [2.24, 2.45) is 16.7 Å². The lowest BCUT2D eigenvalue weighted by molar-refractivity contribution is 0.261. The van der Waals surface area contributed by atoms with E-state index >= 15 is 0 Å². The second-order valence-corrected chi connectivity index (χ2v) is 4.05. The van der Waals surface area contributed by atoms with Crippen molar-refractivity contribution >= 4 is 0 Å². The van der Waals surface area contributed by atoms with Crippen molar-refractivity contribution < 1.29 is 5.11 Å². The average Bonchev–Trinajstić information content (AvgIpc) is 2.56. The third-order valence-electron chi connectivity index (χ3n) is 4.00. The molecule has 0 aromatic rings. The van der Waals surface area contributed by atoms with Crippen molar-refractivity contribution in [3.63, 3.8) is 0 Å². The molecule has 3 saturated carbocycles. The fraction of sp³-hybridized carbons (Fsp3) is 1.00. The maximum atomic E-state index is 8.96. The van der Waals surface area contributed by atoms with Crippen LogP contribution >= 0.6 is 0 Å². The highest BCUT2D eigenvalue weighted by Crippen LogP contribution is 2.92. The van der Waals surface area contributed by atoms with Crippen LogP contribution in [0.2, 0.25) is 0 Å². The van der Waals surface area contributed by atoms with Crippen LogP contribution in [-0.2, 0) is 0 Å². The number of hydrogen-bond donors (Lipinski definition) is 1.